The maximum atomic E-state index is 8.69. The first-order chi connectivity index (χ1) is 9.78. The third kappa shape index (κ3) is 2.94. The zero-order chi connectivity index (χ0) is 14.4. The summed E-state index contributed by atoms with van der Waals surface area (Å²) in [5, 5.41) is 24.1. The molecule has 2 rings (SSSR count). The monoisotopic (exact) mass is 285 g/mol. The summed E-state index contributed by atoms with van der Waals surface area (Å²) in [6.45, 7) is 0. The minimum Gasteiger partial charge on any atom is -0.359 e. The first-order valence-corrected chi connectivity index (χ1v) is 6.06. The van der Waals surface area contributed by atoms with Gasteiger partial charge in [-0.25, -0.2) is 0 Å². The number of allylic oxidation sites excluding steroid dienone is 1. The molecule has 0 aliphatic rings. The Morgan fingerprint density at radius 1 is 1.35 bits per heavy atom. The minimum absolute atomic E-state index is 0.0330. The molecule has 0 atom stereocenters. The molecule has 1 aromatic heterocycles. The fraction of sp³-hybridized carbons (Fsp3) is 0.0769. The lowest BCUT2D eigenvalue weighted by atomic mass is 10.1. The van der Waals surface area contributed by atoms with E-state index in [-0.39, 0.29) is 11.5 Å². The summed E-state index contributed by atoms with van der Waals surface area (Å²) >= 11 is 5.61. The van der Waals surface area contributed by atoms with E-state index in [0.29, 0.717) is 23.0 Å². The highest BCUT2D eigenvalue weighted by atomic mass is 35.5. The van der Waals surface area contributed by atoms with Crippen LogP contribution in [0.1, 0.15) is 5.89 Å². The number of halogens is 1. The van der Waals surface area contributed by atoms with Gasteiger partial charge in [0.05, 0.1) is 0 Å². The third-order valence-electron chi connectivity index (χ3n) is 2.36. The number of hydrogen-bond acceptors (Lipinski definition) is 6. The molecular weight excluding hydrogens is 278 g/mol. The van der Waals surface area contributed by atoms with Gasteiger partial charge in [0.25, 0.3) is 0 Å². The van der Waals surface area contributed by atoms with E-state index in [0.717, 1.165) is 0 Å². The van der Waals surface area contributed by atoms with Crippen molar-refractivity contribution in [1.29, 1.82) is 10.5 Å². The number of nitrogens with one attached hydrogen (secondary N) is 1. The maximum Gasteiger partial charge on any atom is 0.241 e. The second-order valence-corrected chi connectivity index (χ2v) is 3.88. The van der Waals surface area contributed by atoms with Gasteiger partial charge in [-0.05, 0) is 12.1 Å². The van der Waals surface area contributed by atoms with Crippen molar-refractivity contribution in [1.82, 2.24) is 10.1 Å². The minimum atomic E-state index is -0.0330. The second kappa shape index (κ2) is 6.37. The van der Waals surface area contributed by atoms with Crippen molar-refractivity contribution in [3.05, 3.63) is 41.9 Å². The molecule has 1 aromatic carbocycles. The summed E-state index contributed by atoms with van der Waals surface area (Å²) in [7, 11) is 0. The van der Waals surface area contributed by atoms with Crippen molar-refractivity contribution in [2.75, 3.05) is 5.32 Å². The molecule has 0 radical (unpaired) electrons. The molecule has 0 aliphatic carbocycles. The summed E-state index contributed by atoms with van der Waals surface area (Å²) in [6.07, 6.45) is 1.32. The van der Waals surface area contributed by atoms with Gasteiger partial charge in [0.15, 0.2) is 0 Å². The van der Waals surface area contributed by atoms with Gasteiger partial charge >= 0.3 is 0 Å². The second-order valence-electron chi connectivity index (χ2n) is 3.62. The summed E-state index contributed by atoms with van der Waals surface area (Å²) in [5.74, 6) is 0.838. The zero-order valence-electron chi connectivity index (χ0n) is 10.2. The first-order valence-electron chi connectivity index (χ1n) is 5.53. The lowest BCUT2D eigenvalue weighted by Gasteiger charge is -2.05. The Balaban J connectivity index is 2.34. The number of rotatable bonds is 4. The van der Waals surface area contributed by atoms with Crippen molar-refractivity contribution in [3.63, 3.8) is 0 Å². The van der Waals surface area contributed by atoms with Gasteiger partial charge in [0.1, 0.15) is 23.6 Å². The Labute approximate surface area is 119 Å². The largest absolute Gasteiger partial charge is 0.359 e. The number of nitriles is 2. The van der Waals surface area contributed by atoms with Crippen LogP contribution in [0.2, 0.25) is 0 Å². The van der Waals surface area contributed by atoms with Crippen LogP contribution in [0.25, 0.3) is 11.4 Å². The van der Waals surface area contributed by atoms with E-state index >= 15 is 0 Å². The number of hydrogen-bond donors (Lipinski definition) is 1. The molecule has 7 heteroatoms. The van der Waals surface area contributed by atoms with E-state index in [1.54, 1.807) is 30.3 Å². The van der Waals surface area contributed by atoms with Crippen LogP contribution in [0.4, 0.5) is 5.69 Å². The number of benzene rings is 1. The smallest absolute Gasteiger partial charge is 0.241 e. The predicted octanol–water partition coefficient (Wildman–Crippen LogP) is 2.82. The highest BCUT2D eigenvalue weighted by Gasteiger charge is 2.11. The molecule has 0 unspecified atom stereocenters. The fourth-order valence-corrected chi connectivity index (χ4v) is 1.57. The van der Waals surface area contributed by atoms with E-state index in [4.69, 9.17) is 26.6 Å². The Bertz CT molecular complexity index is 707. The molecule has 0 saturated heterocycles. The standard InChI is InChI=1S/C13H8ClN5O/c14-5-12-18-13(19-20-12)10-3-1-2-4-11(10)17-8-9(6-15)7-16/h1-4,8,17H,5H2. The Kier molecular flexibility index (Phi) is 4.33. The van der Waals surface area contributed by atoms with E-state index in [1.807, 2.05) is 6.07 Å². The molecule has 0 bridgehead atoms. The van der Waals surface area contributed by atoms with Gasteiger partial charge in [-0.3, -0.25) is 0 Å². The average molecular weight is 286 g/mol. The normalized spacial score (nSPS) is 9.35. The fourth-order valence-electron chi connectivity index (χ4n) is 1.46. The molecular formula is C13H8ClN5O. The maximum absolute atomic E-state index is 8.69. The van der Waals surface area contributed by atoms with Gasteiger partial charge in [-0.2, -0.15) is 15.5 Å². The van der Waals surface area contributed by atoms with Crippen molar-refractivity contribution in [2.45, 2.75) is 5.88 Å². The summed E-state index contributed by atoms with van der Waals surface area (Å²) in [5.41, 5.74) is 1.30. The molecule has 6 nitrogen and oxygen atoms in total. The molecule has 20 heavy (non-hydrogen) atoms. The summed E-state index contributed by atoms with van der Waals surface area (Å²) < 4.78 is 4.95. The molecule has 2 aromatic rings. The average Bonchev–Trinajstić information content (AvgIpc) is 2.97. The zero-order valence-corrected chi connectivity index (χ0v) is 10.9. The van der Waals surface area contributed by atoms with Gasteiger partial charge < -0.3 is 9.84 Å². The molecule has 0 amide bonds. The Morgan fingerprint density at radius 3 is 2.75 bits per heavy atom. The van der Waals surface area contributed by atoms with Crippen molar-refractivity contribution >= 4 is 17.3 Å². The van der Waals surface area contributed by atoms with Crippen LogP contribution in [0.3, 0.4) is 0 Å². The number of aromatic nitrogens is 2. The van der Waals surface area contributed by atoms with Gasteiger partial charge in [0, 0.05) is 17.5 Å². The van der Waals surface area contributed by atoms with Gasteiger partial charge in [0.2, 0.25) is 11.7 Å². The van der Waals surface area contributed by atoms with Crippen LogP contribution in [-0.2, 0) is 5.88 Å². The molecule has 0 saturated carbocycles. The molecule has 98 valence electrons. The van der Waals surface area contributed by atoms with Crippen LogP contribution in [0.5, 0.6) is 0 Å². The van der Waals surface area contributed by atoms with E-state index in [1.165, 1.54) is 6.20 Å². The van der Waals surface area contributed by atoms with Crippen LogP contribution < -0.4 is 5.32 Å². The predicted molar refractivity (Wildman–Crippen MR) is 72.2 cm³/mol. The van der Waals surface area contributed by atoms with Crippen LogP contribution >= 0.6 is 11.6 Å². The van der Waals surface area contributed by atoms with Crippen LogP contribution in [-0.4, -0.2) is 10.1 Å². The van der Waals surface area contributed by atoms with Crippen molar-refractivity contribution in [2.24, 2.45) is 0 Å². The number of alkyl halides is 1. The lowest BCUT2D eigenvalue weighted by molar-refractivity contribution is 0.391. The number of nitrogens with zero attached hydrogens (tertiary/aromatic N) is 4. The highest BCUT2D eigenvalue weighted by molar-refractivity contribution is 6.16. The number of para-hydroxylation sites is 1. The Hall–Kier alpha value is -2.83. The first kappa shape index (κ1) is 13.6. The van der Waals surface area contributed by atoms with E-state index in [2.05, 4.69) is 15.5 Å². The highest BCUT2D eigenvalue weighted by Crippen LogP contribution is 2.25. The quantitative estimate of drug-likeness (QED) is 0.685. The summed E-state index contributed by atoms with van der Waals surface area (Å²) in [4.78, 5) is 4.13. The van der Waals surface area contributed by atoms with Gasteiger partial charge in [-0.1, -0.05) is 17.3 Å². The molecule has 1 N–H and O–H groups in total. The van der Waals surface area contributed by atoms with Crippen molar-refractivity contribution in [3.8, 4) is 23.5 Å². The topological polar surface area (TPSA) is 98.5 Å². The van der Waals surface area contributed by atoms with E-state index in [9.17, 15) is 0 Å². The van der Waals surface area contributed by atoms with Crippen molar-refractivity contribution < 1.29 is 4.52 Å². The van der Waals surface area contributed by atoms with Crippen LogP contribution in [0, 0.1) is 22.7 Å². The molecule has 0 aliphatic heterocycles. The summed E-state index contributed by atoms with van der Waals surface area (Å²) in [6, 6.07) is 10.7. The third-order valence-corrected chi connectivity index (χ3v) is 2.59. The molecule has 0 fully saturated rings. The van der Waals surface area contributed by atoms with Gasteiger partial charge in [-0.15, -0.1) is 11.6 Å². The molecule has 0 spiro atoms. The SMILES string of the molecule is N#CC(C#N)=CNc1ccccc1-c1noc(CCl)n1. The lowest BCUT2D eigenvalue weighted by Crippen LogP contribution is -1.94. The number of anilines is 1. The molecule has 1 heterocycles. The Morgan fingerprint density at radius 2 is 2.10 bits per heavy atom. The van der Waals surface area contributed by atoms with Crippen LogP contribution in [0.15, 0.2) is 40.6 Å². The van der Waals surface area contributed by atoms with E-state index < -0.39 is 0 Å².